The van der Waals surface area contributed by atoms with Gasteiger partial charge in [-0.15, -0.1) is 0 Å². The first-order valence-corrected chi connectivity index (χ1v) is 15.3. The fraction of sp³-hybridized carbons (Fsp3) is 0.243. The summed E-state index contributed by atoms with van der Waals surface area (Å²) in [6.45, 7) is 3.52. The van der Waals surface area contributed by atoms with Gasteiger partial charge in [-0.3, -0.25) is 14.4 Å². The Morgan fingerprint density at radius 2 is 1.17 bits per heavy atom. The number of aryl methyl sites for hydroxylation is 1. The summed E-state index contributed by atoms with van der Waals surface area (Å²) < 4.78 is 5.74. The minimum absolute atomic E-state index is 0.0861. The molecular formula is C37H38N4O5. The summed E-state index contributed by atoms with van der Waals surface area (Å²) in [5, 5.41) is 8.10. The number of carbonyl (C=O) groups is 4. The molecule has 3 atom stereocenters. The van der Waals surface area contributed by atoms with E-state index in [9.17, 15) is 19.2 Å². The van der Waals surface area contributed by atoms with Gasteiger partial charge < -0.3 is 26.4 Å². The van der Waals surface area contributed by atoms with E-state index in [1.807, 2.05) is 97.9 Å². The minimum atomic E-state index is -1.06. The molecule has 1 aliphatic rings. The molecule has 9 nitrogen and oxygen atoms in total. The van der Waals surface area contributed by atoms with E-state index < -0.39 is 41.9 Å². The third kappa shape index (κ3) is 7.79. The number of nitrogens with two attached hydrogens (primary N) is 1. The highest BCUT2D eigenvalue weighted by atomic mass is 16.5. The molecule has 0 fully saturated rings. The van der Waals surface area contributed by atoms with Crippen LogP contribution in [0.15, 0.2) is 103 Å². The van der Waals surface area contributed by atoms with Crippen molar-refractivity contribution >= 4 is 23.8 Å². The molecule has 0 aromatic heterocycles. The Morgan fingerprint density at radius 1 is 0.674 bits per heavy atom. The van der Waals surface area contributed by atoms with Crippen LogP contribution in [0.25, 0.3) is 11.1 Å². The largest absolute Gasteiger partial charge is 0.449 e. The maximum Gasteiger partial charge on any atom is 0.407 e. The Morgan fingerprint density at radius 3 is 1.76 bits per heavy atom. The summed E-state index contributed by atoms with van der Waals surface area (Å²) in [4.78, 5) is 52.0. The molecule has 0 spiro atoms. The number of alkyl carbamates (subject to hydrolysis) is 1. The summed E-state index contributed by atoms with van der Waals surface area (Å²) in [6, 6.07) is 29.9. The molecule has 4 amide bonds. The number of hydrogen-bond donors (Lipinski definition) is 4. The standard InChI is InChI=1S/C37H38N4O5/c1-23-16-18-26(19-17-23)21-33(36(44)40-32(20-25-10-4-3-5-11-25)35(43)39-24(2)34(38)42)41-37(45)46-22-31-29-14-8-6-12-27(29)28-13-7-9-15-30(28)31/h3-19,24,31-33H,20-22H2,1-2H3,(H2,38,42)(H,39,43)(H,40,44)(H,41,45)/t24-,32-,33?/m0/s1. The number of fused-ring (bicyclic) bond motifs is 3. The smallest absolute Gasteiger partial charge is 0.407 e. The fourth-order valence-corrected chi connectivity index (χ4v) is 5.67. The Kier molecular flexibility index (Phi) is 10.1. The zero-order valence-electron chi connectivity index (χ0n) is 25.9. The van der Waals surface area contributed by atoms with Crippen molar-refractivity contribution < 1.29 is 23.9 Å². The highest BCUT2D eigenvalue weighted by molar-refractivity contribution is 5.93. The SMILES string of the molecule is Cc1ccc(CC(NC(=O)OCC2c3ccccc3-c3ccccc32)C(=O)N[C@@H](Cc2ccccc2)C(=O)N[C@@H](C)C(N)=O)cc1. The summed E-state index contributed by atoms with van der Waals surface area (Å²) >= 11 is 0. The normalized spacial score (nSPS) is 13.8. The molecule has 0 bridgehead atoms. The Hall–Kier alpha value is -5.44. The highest BCUT2D eigenvalue weighted by Crippen LogP contribution is 2.44. The average molecular weight is 619 g/mol. The number of carbonyl (C=O) groups excluding carboxylic acids is 4. The number of rotatable bonds is 12. The van der Waals surface area contributed by atoms with E-state index in [4.69, 9.17) is 10.5 Å². The topological polar surface area (TPSA) is 140 Å². The second-order valence-electron chi connectivity index (χ2n) is 11.6. The molecule has 0 heterocycles. The van der Waals surface area contributed by atoms with Crippen LogP contribution < -0.4 is 21.7 Å². The van der Waals surface area contributed by atoms with Crippen molar-refractivity contribution in [3.8, 4) is 11.1 Å². The van der Waals surface area contributed by atoms with Crippen molar-refractivity contribution in [1.82, 2.24) is 16.0 Å². The second-order valence-corrected chi connectivity index (χ2v) is 11.6. The van der Waals surface area contributed by atoms with Crippen molar-refractivity contribution in [2.75, 3.05) is 6.61 Å². The third-order valence-electron chi connectivity index (χ3n) is 8.21. The molecule has 0 radical (unpaired) electrons. The molecule has 4 aromatic carbocycles. The van der Waals surface area contributed by atoms with Gasteiger partial charge in [-0.2, -0.15) is 0 Å². The lowest BCUT2D eigenvalue weighted by Gasteiger charge is -2.24. The number of ether oxygens (including phenoxy) is 1. The molecule has 1 unspecified atom stereocenters. The average Bonchev–Trinajstić information content (AvgIpc) is 3.38. The van der Waals surface area contributed by atoms with Crippen LogP contribution in [0.2, 0.25) is 0 Å². The maximum atomic E-state index is 13.8. The molecule has 0 saturated carbocycles. The first-order chi connectivity index (χ1) is 22.2. The molecule has 0 saturated heterocycles. The van der Waals surface area contributed by atoms with Gasteiger partial charge in [0.15, 0.2) is 0 Å². The van der Waals surface area contributed by atoms with E-state index in [2.05, 4.69) is 28.1 Å². The maximum absolute atomic E-state index is 13.8. The van der Waals surface area contributed by atoms with Crippen LogP contribution in [0.4, 0.5) is 4.79 Å². The monoisotopic (exact) mass is 618 g/mol. The van der Waals surface area contributed by atoms with Gasteiger partial charge in [0.2, 0.25) is 17.7 Å². The van der Waals surface area contributed by atoms with E-state index in [0.29, 0.717) is 0 Å². The second kappa shape index (κ2) is 14.6. The third-order valence-corrected chi connectivity index (χ3v) is 8.21. The van der Waals surface area contributed by atoms with Gasteiger partial charge in [-0.1, -0.05) is 109 Å². The zero-order valence-corrected chi connectivity index (χ0v) is 25.9. The van der Waals surface area contributed by atoms with Crippen molar-refractivity contribution in [2.24, 2.45) is 5.73 Å². The van der Waals surface area contributed by atoms with Gasteiger partial charge in [0.25, 0.3) is 0 Å². The Bertz CT molecular complexity index is 1660. The fourth-order valence-electron chi connectivity index (χ4n) is 5.67. The quantitative estimate of drug-likeness (QED) is 0.189. The van der Waals surface area contributed by atoms with E-state index >= 15 is 0 Å². The van der Waals surface area contributed by atoms with Crippen LogP contribution in [-0.4, -0.2) is 48.5 Å². The van der Waals surface area contributed by atoms with Crippen molar-refractivity contribution in [2.45, 2.75) is 50.7 Å². The number of hydrogen-bond acceptors (Lipinski definition) is 5. The molecule has 0 aliphatic heterocycles. The molecule has 4 aromatic rings. The van der Waals surface area contributed by atoms with E-state index in [-0.39, 0.29) is 25.4 Å². The van der Waals surface area contributed by atoms with Gasteiger partial charge >= 0.3 is 6.09 Å². The first kappa shape index (κ1) is 32.0. The van der Waals surface area contributed by atoms with Crippen molar-refractivity contribution in [1.29, 1.82) is 0 Å². The highest BCUT2D eigenvalue weighted by Gasteiger charge is 2.31. The van der Waals surface area contributed by atoms with Gasteiger partial charge in [-0.05, 0) is 47.2 Å². The van der Waals surface area contributed by atoms with Crippen molar-refractivity contribution in [3.63, 3.8) is 0 Å². The van der Waals surface area contributed by atoms with Crippen LogP contribution in [0.1, 0.15) is 40.7 Å². The van der Waals surface area contributed by atoms with E-state index in [0.717, 1.165) is 38.9 Å². The lowest BCUT2D eigenvalue weighted by Crippen LogP contribution is -2.57. The number of nitrogens with one attached hydrogen (secondary N) is 3. The molecule has 5 N–H and O–H groups in total. The lowest BCUT2D eigenvalue weighted by atomic mass is 9.98. The van der Waals surface area contributed by atoms with Gasteiger partial charge in [0.1, 0.15) is 24.7 Å². The van der Waals surface area contributed by atoms with Crippen molar-refractivity contribution in [3.05, 3.63) is 131 Å². The Balaban J connectivity index is 1.33. The summed E-state index contributed by atoms with van der Waals surface area (Å²) in [7, 11) is 0. The molecular weight excluding hydrogens is 580 g/mol. The number of amides is 4. The van der Waals surface area contributed by atoms with E-state index in [1.165, 1.54) is 6.92 Å². The van der Waals surface area contributed by atoms with E-state index in [1.54, 1.807) is 0 Å². The van der Waals surface area contributed by atoms with Crippen LogP contribution in [0.3, 0.4) is 0 Å². The van der Waals surface area contributed by atoms with Gasteiger partial charge in [-0.25, -0.2) is 4.79 Å². The van der Waals surface area contributed by atoms with Crippen LogP contribution >= 0.6 is 0 Å². The Labute approximate surface area is 268 Å². The number of benzene rings is 4. The molecule has 1 aliphatic carbocycles. The summed E-state index contributed by atoms with van der Waals surface area (Å²) in [5.74, 6) is -1.99. The van der Waals surface area contributed by atoms with Gasteiger partial charge in [0.05, 0.1) is 0 Å². The van der Waals surface area contributed by atoms with Gasteiger partial charge in [0, 0.05) is 18.8 Å². The molecule has 46 heavy (non-hydrogen) atoms. The lowest BCUT2D eigenvalue weighted by molar-refractivity contribution is -0.131. The predicted molar refractivity (Wildman–Crippen MR) is 176 cm³/mol. The first-order valence-electron chi connectivity index (χ1n) is 15.3. The van der Waals surface area contributed by atoms with Crippen LogP contribution in [0.5, 0.6) is 0 Å². The number of primary amides is 1. The van der Waals surface area contributed by atoms with Crippen LogP contribution in [0, 0.1) is 6.92 Å². The molecule has 5 rings (SSSR count). The van der Waals surface area contributed by atoms with Crippen LogP contribution in [-0.2, 0) is 32.0 Å². The predicted octanol–water partition coefficient (Wildman–Crippen LogP) is 4.16. The minimum Gasteiger partial charge on any atom is -0.449 e. The molecule has 9 heteroatoms. The summed E-state index contributed by atoms with van der Waals surface area (Å²) in [5.41, 5.74) is 12.4. The molecule has 236 valence electrons. The zero-order chi connectivity index (χ0) is 32.6. The summed E-state index contributed by atoms with van der Waals surface area (Å²) in [6.07, 6.45) is -0.430.